The van der Waals surface area contributed by atoms with Crippen molar-refractivity contribution in [3.8, 4) is 5.75 Å². The molecular weight excluding hydrogens is 214 g/mol. The predicted molar refractivity (Wildman–Crippen MR) is 67.9 cm³/mol. The fourth-order valence-corrected chi connectivity index (χ4v) is 1.82. The highest BCUT2D eigenvalue weighted by Gasteiger charge is 2.07. The third-order valence-corrected chi connectivity index (χ3v) is 2.71. The number of ether oxygens (including phenoxy) is 1. The zero-order valence-electron chi connectivity index (χ0n) is 10.4. The van der Waals surface area contributed by atoms with E-state index in [0.717, 1.165) is 22.7 Å². The van der Waals surface area contributed by atoms with Crippen molar-refractivity contribution in [2.45, 2.75) is 20.5 Å². The molecule has 0 atom stereocenters. The molecule has 1 aromatic heterocycles. The Morgan fingerprint density at radius 1 is 1.35 bits per heavy atom. The lowest BCUT2D eigenvalue weighted by Gasteiger charge is -2.11. The Hall–Kier alpha value is -1.97. The summed E-state index contributed by atoms with van der Waals surface area (Å²) in [5, 5.41) is 4.27. The van der Waals surface area contributed by atoms with Gasteiger partial charge in [-0.25, -0.2) is 0 Å². The molecule has 90 valence electrons. The molecule has 0 aliphatic rings. The molecule has 4 heteroatoms. The molecule has 17 heavy (non-hydrogen) atoms. The number of nitrogens with zero attached hydrogens (tertiary/aromatic N) is 2. The minimum absolute atomic E-state index is 0.479. The summed E-state index contributed by atoms with van der Waals surface area (Å²) in [5.41, 5.74) is 9.62. The van der Waals surface area contributed by atoms with Crippen LogP contribution in [0.25, 0.3) is 0 Å². The van der Waals surface area contributed by atoms with Crippen molar-refractivity contribution in [3.63, 3.8) is 0 Å². The van der Waals surface area contributed by atoms with E-state index in [2.05, 4.69) is 5.10 Å². The first-order valence-corrected chi connectivity index (χ1v) is 5.55. The van der Waals surface area contributed by atoms with E-state index in [9.17, 15) is 0 Å². The lowest BCUT2D eigenvalue weighted by molar-refractivity contribution is 0.294. The fourth-order valence-electron chi connectivity index (χ4n) is 1.82. The Kier molecular flexibility index (Phi) is 3.04. The molecule has 0 fully saturated rings. The monoisotopic (exact) mass is 231 g/mol. The highest BCUT2D eigenvalue weighted by Crippen LogP contribution is 2.26. The van der Waals surface area contributed by atoms with Crippen LogP contribution in [0, 0.1) is 13.8 Å². The minimum Gasteiger partial charge on any atom is -0.485 e. The second kappa shape index (κ2) is 4.49. The van der Waals surface area contributed by atoms with Crippen molar-refractivity contribution < 1.29 is 4.74 Å². The van der Waals surface area contributed by atoms with Crippen molar-refractivity contribution in [2.24, 2.45) is 7.05 Å². The molecule has 0 aliphatic heterocycles. The zero-order chi connectivity index (χ0) is 12.4. The molecule has 1 heterocycles. The Morgan fingerprint density at radius 3 is 2.71 bits per heavy atom. The highest BCUT2D eigenvalue weighted by molar-refractivity contribution is 5.56. The summed E-state index contributed by atoms with van der Waals surface area (Å²) >= 11 is 0. The van der Waals surface area contributed by atoms with Crippen LogP contribution < -0.4 is 10.5 Å². The van der Waals surface area contributed by atoms with E-state index in [1.54, 1.807) is 0 Å². The Balaban J connectivity index is 2.15. The third kappa shape index (κ3) is 2.41. The number of aryl methyl sites for hydroxylation is 3. The first kappa shape index (κ1) is 11.5. The molecule has 0 aliphatic carbocycles. The normalized spacial score (nSPS) is 10.5. The van der Waals surface area contributed by atoms with Gasteiger partial charge in [0, 0.05) is 7.05 Å². The van der Waals surface area contributed by atoms with E-state index in [1.165, 1.54) is 0 Å². The summed E-state index contributed by atoms with van der Waals surface area (Å²) in [6, 6.07) is 7.76. The Bertz CT molecular complexity index is 511. The van der Waals surface area contributed by atoms with Gasteiger partial charge in [0.1, 0.15) is 12.4 Å². The van der Waals surface area contributed by atoms with Crippen LogP contribution in [-0.2, 0) is 13.7 Å². The molecule has 1 aromatic carbocycles. The van der Waals surface area contributed by atoms with Crippen LogP contribution in [0.4, 0.5) is 5.69 Å². The van der Waals surface area contributed by atoms with Gasteiger partial charge in [-0.05, 0) is 31.5 Å². The Labute approximate surface area is 101 Å². The largest absolute Gasteiger partial charge is 0.485 e. The quantitative estimate of drug-likeness (QED) is 0.824. The third-order valence-electron chi connectivity index (χ3n) is 2.71. The maximum atomic E-state index is 5.88. The molecule has 2 aromatic rings. The van der Waals surface area contributed by atoms with Gasteiger partial charge in [0.25, 0.3) is 0 Å². The predicted octanol–water partition coefficient (Wildman–Crippen LogP) is 2.20. The van der Waals surface area contributed by atoms with Gasteiger partial charge in [0.05, 0.1) is 17.1 Å². The number of hydrogen-bond acceptors (Lipinski definition) is 3. The van der Waals surface area contributed by atoms with Gasteiger partial charge in [0.15, 0.2) is 0 Å². The lowest BCUT2D eigenvalue weighted by Crippen LogP contribution is -2.05. The lowest BCUT2D eigenvalue weighted by atomic mass is 10.2. The molecule has 2 rings (SSSR count). The van der Waals surface area contributed by atoms with Crippen molar-refractivity contribution in [2.75, 3.05) is 5.73 Å². The summed E-state index contributed by atoms with van der Waals surface area (Å²) in [4.78, 5) is 0. The van der Waals surface area contributed by atoms with Gasteiger partial charge >= 0.3 is 0 Å². The summed E-state index contributed by atoms with van der Waals surface area (Å²) in [6.07, 6.45) is 0. The fraction of sp³-hybridized carbons (Fsp3) is 0.308. The molecule has 0 amide bonds. The molecule has 0 unspecified atom stereocenters. The smallest absolute Gasteiger partial charge is 0.145 e. The minimum atomic E-state index is 0.479. The van der Waals surface area contributed by atoms with Crippen LogP contribution in [-0.4, -0.2) is 9.78 Å². The topological polar surface area (TPSA) is 53.1 Å². The maximum Gasteiger partial charge on any atom is 0.145 e. The summed E-state index contributed by atoms with van der Waals surface area (Å²) in [5.74, 6) is 0.756. The summed E-state index contributed by atoms with van der Waals surface area (Å²) < 4.78 is 7.59. The average Bonchev–Trinajstić information content (AvgIpc) is 2.57. The number of benzene rings is 1. The van der Waals surface area contributed by atoms with Gasteiger partial charge in [0.2, 0.25) is 0 Å². The van der Waals surface area contributed by atoms with Crippen molar-refractivity contribution in [1.82, 2.24) is 9.78 Å². The molecule has 0 radical (unpaired) electrons. The number of para-hydroxylation sites is 1. The van der Waals surface area contributed by atoms with Gasteiger partial charge in [-0.15, -0.1) is 0 Å². The molecule has 0 saturated heterocycles. The molecule has 0 spiro atoms. The van der Waals surface area contributed by atoms with E-state index in [0.29, 0.717) is 12.3 Å². The number of rotatable bonds is 3. The second-order valence-electron chi connectivity index (χ2n) is 4.18. The van der Waals surface area contributed by atoms with E-state index < -0.39 is 0 Å². The van der Waals surface area contributed by atoms with Crippen molar-refractivity contribution in [3.05, 3.63) is 41.2 Å². The van der Waals surface area contributed by atoms with Gasteiger partial charge in [-0.1, -0.05) is 12.1 Å². The van der Waals surface area contributed by atoms with Crippen LogP contribution in [0.5, 0.6) is 5.75 Å². The van der Waals surface area contributed by atoms with Crippen molar-refractivity contribution >= 4 is 5.69 Å². The SMILES string of the molecule is Cc1cc(COc2c(C)cccc2N)n(C)n1. The van der Waals surface area contributed by atoms with E-state index in [4.69, 9.17) is 10.5 Å². The first-order chi connectivity index (χ1) is 8.08. The molecular formula is C13H17N3O. The van der Waals surface area contributed by atoms with Gasteiger partial charge in [-0.3, -0.25) is 4.68 Å². The van der Waals surface area contributed by atoms with Crippen LogP contribution >= 0.6 is 0 Å². The van der Waals surface area contributed by atoms with Crippen LogP contribution in [0.3, 0.4) is 0 Å². The molecule has 0 saturated carbocycles. The van der Waals surface area contributed by atoms with Crippen LogP contribution in [0.15, 0.2) is 24.3 Å². The molecule has 4 nitrogen and oxygen atoms in total. The van der Waals surface area contributed by atoms with E-state index in [-0.39, 0.29) is 0 Å². The number of hydrogen-bond donors (Lipinski definition) is 1. The number of anilines is 1. The van der Waals surface area contributed by atoms with Crippen LogP contribution in [0.1, 0.15) is 17.0 Å². The number of nitrogens with two attached hydrogens (primary N) is 1. The second-order valence-corrected chi connectivity index (χ2v) is 4.18. The highest BCUT2D eigenvalue weighted by atomic mass is 16.5. The average molecular weight is 231 g/mol. The van der Waals surface area contributed by atoms with E-state index >= 15 is 0 Å². The molecule has 2 N–H and O–H groups in total. The first-order valence-electron chi connectivity index (χ1n) is 5.55. The Morgan fingerprint density at radius 2 is 2.12 bits per heavy atom. The number of nitrogen functional groups attached to an aromatic ring is 1. The molecule has 0 bridgehead atoms. The maximum absolute atomic E-state index is 5.88. The number of aromatic nitrogens is 2. The van der Waals surface area contributed by atoms with Crippen LogP contribution in [0.2, 0.25) is 0 Å². The van der Waals surface area contributed by atoms with Gasteiger partial charge < -0.3 is 10.5 Å². The van der Waals surface area contributed by atoms with Gasteiger partial charge in [-0.2, -0.15) is 5.10 Å². The zero-order valence-corrected chi connectivity index (χ0v) is 10.4. The standard InChI is InChI=1S/C13H17N3O/c1-9-5-4-6-12(14)13(9)17-8-11-7-10(2)15-16(11)3/h4-7H,8,14H2,1-3H3. The van der Waals surface area contributed by atoms with Crippen molar-refractivity contribution in [1.29, 1.82) is 0 Å². The van der Waals surface area contributed by atoms with E-state index in [1.807, 2.05) is 49.8 Å². The summed E-state index contributed by atoms with van der Waals surface area (Å²) in [6.45, 7) is 4.43. The summed E-state index contributed by atoms with van der Waals surface area (Å²) in [7, 11) is 1.91.